The van der Waals surface area contributed by atoms with Crippen LogP contribution in [0, 0.1) is 5.41 Å². The molecule has 1 aliphatic carbocycles. The van der Waals surface area contributed by atoms with Crippen molar-refractivity contribution in [3.63, 3.8) is 0 Å². The number of fused-ring (bicyclic) bond motifs is 3. The van der Waals surface area contributed by atoms with Crippen molar-refractivity contribution in [1.82, 2.24) is 5.01 Å². The zero-order valence-corrected chi connectivity index (χ0v) is 16.2. The number of nitrogens with zero attached hydrogens (tertiary/aromatic N) is 2. The second kappa shape index (κ2) is 6.41. The molecule has 0 saturated carbocycles. The minimum atomic E-state index is -0.250. The monoisotopic (exact) mass is 364 g/mol. The van der Waals surface area contributed by atoms with Crippen LogP contribution in [0.4, 0.5) is 0 Å². The summed E-state index contributed by atoms with van der Waals surface area (Å²) >= 11 is 0. The second-order valence-electron chi connectivity index (χ2n) is 7.43. The maximum absolute atomic E-state index is 12.4. The first kappa shape index (κ1) is 17.6. The van der Waals surface area contributed by atoms with Gasteiger partial charge in [0, 0.05) is 17.9 Å². The Morgan fingerprint density at radius 2 is 1.78 bits per heavy atom. The number of rotatable bonds is 3. The van der Waals surface area contributed by atoms with Gasteiger partial charge in [-0.25, -0.2) is 5.01 Å². The Kier molecular flexibility index (Phi) is 4.17. The lowest BCUT2D eigenvalue weighted by Crippen LogP contribution is -2.39. The van der Waals surface area contributed by atoms with Crippen LogP contribution in [-0.2, 0) is 11.2 Å². The van der Waals surface area contributed by atoms with E-state index < -0.39 is 0 Å². The summed E-state index contributed by atoms with van der Waals surface area (Å²) in [6.45, 7) is 3.79. The maximum Gasteiger partial charge on any atom is 0.240 e. The summed E-state index contributed by atoms with van der Waals surface area (Å²) in [6, 6.07) is 13.9. The van der Waals surface area contributed by atoms with Crippen LogP contribution < -0.4 is 9.47 Å². The molecule has 0 unspecified atom stereocenters. The Bertz CT molecular complexity index is 920. The Morgan fingerprint density at radius 3 is 2.41 bits per heavy atom. The highest BCUT2D eigenvalue weighted by molar-refractivity contribution is 6.09. The lowest BCUT2D eigenvalue weighted by atomic mass is 9.66. The van der Waals surface area contributed by atoms with Crippen molar-refractivity contribution < 1.29 is 14.3 Å². The van der Waals surface area contributed by atoms with E-state index in [-0.39, 0.29) is 17.4 Å². The number of carbonyl (C=O) groups is 1. The van der Waals surface area contributed by atoms with Crippen LogP contribution in [0.3, 0.4) is 0 Å². The first-order valence-electron chi connectivity index (χ1n) is 9.18. The van der Waals surface area contributed by atoms with Gasteiger partial charge in [-0.15, -0.1) is 0 Å². The molecule has 0 N–H and O–H groups in total. The maximum atomic E-state index is 12.4. The fourth-order valence-electron chi connectivity index (χ4n) is 4.36. The van der Waals surface area contributed by atoms with Crippen LogP contribution in [0.1, 0.15) is 43.0 Å². The molecule has 0 bridgehead atoms. The number of benzene rings is 2. The van der Waals surface area contributed by atoms with E-state index in [2.05, 4.69) is 13.0 Å². The highest BCUT2D eigenvalue weighted by Gasteiger charge is 2.52. The normalized spacial score (nSPS) is 23.3. The molecule has 0 aromatic heterocycles. The van der Waals surface area contributed by atoms with E-state index in [1.165, 1.54) is 5.56 Å². The number of hydrogen-bond donors (Lipinski definition) is 0. The zero-order chi connectivity index (χ0) is 19.2. The Balaban J connectivity index is 1.84. The molecule has 0 spiro atoms. The van der Waals surface area contributed by atoms with E-state index in [1.54, 1.807) is 26.2 Å². The summed E-state index contributed by atoms with van der Waals surface area (Å²) in [7, 11) is 3.32. The number of hydrazone groups is 1. The quantitative estimate of drug-likeness (QED) is 0.828. The molecule has 0 fully saturated rings. The van der Waals surface area contributed by atoms with Crippen LogP contribution in [0.5, 0.6) is 11.5 Å². The second-order valence-corrected chi connectivity index (χ2v) is 7.43. The predicted molar refractivity (Wildman–Crippen MR) is 104 cm³/mol. The van der Waals surface area contributed by atoms with Crippen molar-refractivity contribution in [2.24, 2.45) is 10.5 Å². The van der Waals surface area contributed by atoms with E-state index >= 15 is 0 Å². The summed E-state index contributed by atoms with van der Waals surface area (Å²) in [5.74, 6) is 1.56. The van der Waals surface area contributed by atoms with Gasteiger partial charge in [0.2, 0.25) is 5.91 Å². The van der Waals surface area contributed by atoms with Crippen molar-refractivity contribution in [3.8, 4) is 11.5 Å². The average Bonchev–Trinajstić information content (AvgIpc) is 3.01. The molecule has 1 amide bonds. The van der Waals surface area contributed by atoms with Gasteiger partial charge in [-0.3, -0.25) is 4.79 Å². The number of amides is 1. The van der Waals surface area contributed by atoms with Gasteiger partial charge in [0.1, 0.15) is 11.5 Å². The van der Waals surface area contributed by atoms with E-state index in [0.717, 1.165) is 41.2 Å². The Hall–Kier alpha value is -2.82. The topological polar surface area (TPSA) is 51.1 Å². The smallest absolute Gasteiger partial charge is 0.240 e. The molecular weight excluding hydrogens is 340 g/mol. The SMILES string of the molecule is COc1ccc([C@@H]2N(C(C)=O)N=C3c4cc(OC)ccc4CC[C@]32C)cc1. The molecular formula is C22H24N2O3. The van der Waals surface area contributed by atoms with Crippen LogP contribution in [0.25, 0.3) is 0 Å². The van der Waals surface area contributed by atoms with Crippen molar-refractivity contribution >= 4 is 11.6 Å². The Labute approximate surface area is 159 Å². The summed E-state index contributed by atoms with van der Waals surface area (Å²) in [5, 5.41) is 6.46. The summed E-state index contributed by atoms with van der Waals surface area (Å²) in [6.07, 6.45) is 1.89. The van der Waals surface area contributed by atoms with Gasteiger partial charge in [0.05, 0.1) is 26.0 Å². The molecule has 4 rings (SSSR count). The standard InChI is InChI=1S/C22H24N2O3/c1-14(25)24-21(16-6-8-17(26-3)9-7-16)22(2)12-11-15-5-10-18(27-4)13-19(15)20(22)23-24/h5-10,13,21H,11-12H2,1-4H3/t21-,22+/m0/s1. The van der Waals surface area contributed by atoms with Gasteiger partial charge in [-0.2, -0.15) is 5.10 Å². The molecule has 0 saturated heterocycles. The van der Waals surface area contributed by atoms with Crippen LogP contribution in [0.15, 0.2) is 47.6 Å². The third-order valence-electron chi connectivity index (χ3n) is 5.84. The number of ether oxygens (including phenoxy) is 2. The highest BCUT2D eigenvalue weighted by atomic mass is 16.5. The molecule has 2 atom stereocenters. The lowest BCUT2D eigenvalue weighted by Gasteiger charge is -2.38. The highest BCUT2D eigenvalue weighted by Crippen LogP contribution is 2.52. The predicted octanol–water partition coefficient (Wildman–Crippen LogP) is 3.96. The van der Waals surface area contributed by atoms with Gasteiger partial charge in [0.15, 0.2) is 0 Å². The molecule has 0 radical (unpaired) electrons. The van der Waals surface area contributed by atoms with Gasteiger partial charge >= 0.3 is 0 Å². The molecule has 27 heavy (non-hydrogen) atoms. The van der Waals surface area contributed by atoms with E-state index in [4.69, 9.17) is 14.6 Å². The van der Waals surface area contributed by atoms with Crippen molar-refractivity contribution in [2.45, 2.75) is 32.7 Å². The molecule has 1 heterocycles. The summed E-state index contributed by atoms with van der Waals surface area (Å²) in [4.78, 5) is 12.4. The molecule has 1 aliphatic heterocycles. The molecule has 2 aliphatic rings. The fraction of sp³-hybridized carbons (Fsp3) is 0.364. The van der Waals surface area contributed by atoms with E-state index in [9.17, 15) is 4.79 Å². The van der Waals surface area contributed by atoms with Gasteiger partial charge < -0.3 is 9.47 Å². The third-order valence-corrected chi connectivity index (χ3v) is 5.84. The number of carbonyl (C=O) groups excluding carboxylic acids is 1. The lowest BCUT2D eigenvalue weighted by molar-refractivity contribution is -0.132. The van der Waals surface area contributed by atoms with Crippen molar-refractivity contribution in [1.29, 1.82) is 0 Å². The minimum Gasteiger partial charge on any atom is -0.497 e. The zero-order valence-electron chi connectivity index (χ0n) is 16.2. The van der Waals surface area contributed by atoms with Gasteiger partial charge in [-0.05, 0) is 48.2 Å². The van der Waals surface area contributed by atoms with Crippen LogP contribution in [0.2, 0.25) is 0 Å². The summed E-state index contributed by atoms with van der Waals surface area (Å²) in [5.41, 5.74) is 4.13. The first-order valence-corrected chi connectivity index (χ1v) is 9.18. The summed E-state index contributed by atoms with van der Waals surface area (Å²) < 4.78 is 10.7. The Morgan fingerprint density at radius 1 is 1.11 bits per heavy atom. The van der Waals surface area contributed by atoms with E-state index in [0.29, 0.717) is 0 Å². The molecule has 2 aromatic carbocycles. The molecule has 5 nitrogen and oxygen atoms in total. The minimum absolute atomic E-state index is 0.0524. The van der Waals surface area contributed by atoms with Crippen LogP contribution >= 0.6 is 0 Å². The van der Waals surface area contributed by atoms with Crippen LogP contribution in [-0.4, -0.2) is 30.8 Å². The number of aryl methyl sites for hydroxylation is 1. The van der Waals surface area contributed by atoms with E-state index in [1.807, 2.05) is 36.4 Å². The fourth-order valence-corrected chi connectivity index (χ4v) is 4.36. The molecule has 5 heteroatoms. The number of methoxy groups -OCH3 is 2. The molecule has 140 valence electrons. The van der Waals surface area contributed by atoms with Gasteiger partial charge in [0.25, 0.3) is 0 Å². The first-order chi connectivity index (χ1) is 13.0. The van der Waals surface area contributed by atoms with Crippen molar-refractivity contribution in [2.75, 3.05) is 14.2 Å². The van der Waals surface area contributed by atoms with Gasteiger partial charge in [-0.1, -0.05) is 25.1 Å². The number of hydrogen-bond acceptors (Lipinski definition) is 4. The molecule has 2 aromatic rings. The largest absolute Gasteiger partial charge is 0.497 e. The average molecular weight is 364 g/mol. The van der Waals surface area contributed by atoms with Crippen molar-refractivity contribution in [3.05, 3.63) is 59.2 Å². The third kappa shape index (κ3) is 2.69.